The smallest absolute Gasteiger partial charge is 0.337 e. The number of benzene rings is 2. The van der Waals surface area contributed by atoms with Crippen molar-refractivity contribution in [3.05, 3.63) is 72.1 Å². The molecule has 2 N–H and O–H groups in total. The Morgan fingerprint density at radius 2 is 1.36 bits per heavy atom. The molecule has 1 aromatic heterocycles. The summed E-state index contributed by atoms with van der Waals surface area (Å²) in [7, 11) is 2.67. The lowest BCUT2D eigenvalue weighted by Gasteiger charge is -2.10. The predicted molar refractivity (Wildman–Crippen MR) is 104 cm³/mol. The van der Waals surface area contributed by atoms with Crippen molar-refractivity contribution in [2.45, 2.75) is 0 Å². The van der Waals surface area contributed by atoms with Crippen LogP contribution in [0.25, 0.3) is 0 Å². The van der Waals surface area contributed by atoms with Gasteiger partial charge in [-0.1, -0.05) is 6.07 Å². The maximum absolute atomic E-state index is 11.6. The first-order chi connectivity index (χ1) is 13.6. The molecule has 142 valence electrons. The van der Waals surface area contributed by atoms with Crippen LogP contribution in [0, 0.1) is 0 Å². The number of hydrogen-bond donors (Lipinski definition) is 2. The van der Waals surface area contributed by atoms with Crippen LogP contribution in [0.4, 0.5) is 23.0 Å². The van der Waals surface area contributed by atoms with Gasteiger partial charge < -0.3 is 20.1 Å². The molecule has 0 saturated heterocycles. The molecule has 8 heteroatoms. The van der Waals surface area contributed by atoms with E-state index in [1.807, 2.05) is 6.07 Å². The second-order valence-electron chi connectivity index (χ2n) is 5.68. The van der Waals surface area contributed by atoms with Gasteiger partial charge in [0.15, 0.2) is 0 Å². The Labute approximate surface area is 161 Å². The van der Waals surface area contributed by atoms with E-state index in [2.05, 4.69) is 25.3 Å². The summed E-state index contributed by atoms with van der Waals surface area (Å²) in [5.41, 5.74) is 2.34. The minimum atomic E-state index is -0.413. The fourth-order valence-electron chi connectivity index (χ4n) is 2.44. The molecule has 1 heterocycles. The highest BCUT2D eigenvalue weighted by Gasteiger charge is 2.07. The molecule has 0 radical (unpaired) electrons. The summed E-state index contributed by atoms with van der Waals surface area (Å²) < 4.78 is 9.41. The van der Waals surface area contributed by atoms with E-state index in [0.29, 0.717) is 28.5 Å². The van der Waals surface area contributed by atoms with Crippen LogP contribution in [-0.4, -0.2) is 36.1 Å². The van der Waals surface area contributed by atoms with Crippen LogP contribution in [0.3, 0.4) is 0 Å². The minimum absolute atomic E-state index is 0.394. The van der Waals surface area contributed by atoms with E-state index in [0.717, 1.165) is 5.69 Å². The van der Waals surface area contributed by atoms with Gasteiger partial charge in [0.2, 0.25) is 0 Å². The number of rotatable bonds is 6. The van der Waals surface area contributed by atoms with Crippen LogP contribution in [0.15, 0.2) is 60.9 Å². The van der Waals surface area contributed by atoms with Gasteiger partial charge in [0, 0.05) is 17.4 Å². The minimum Gasteiger partial charge on any atom is -0.465 e. The highest BCUT2D eigenvalue weighted by atomic mass is 16.5. The molecule has 3 rings (SSSR count). The summed E-state index contributed by atoms with van der Waals surface area (Å²) in [5.74, 6) is 0.302. The Morgan fingerprint density at radius 3 is 2.00 bits per heavy atom. The zero-order chi connectivity index (χ0) is 19.9. The number of nitrogens with one attached hydrogen (secondary N) is 2. The lowest BCUT2D eigenvalue weighted by atomic mass is 10.2. The number of nitrogens with zero attached hydrogens (tertiary/aromatic N) is 2. The van der Waals surface area contributed by atoms with Crippen LogP contribution in [0.1, 0.15) is 20.7 Å². The number of aromatic nitrogens is 2. The van der Waals surface area contributed by atoms with Crippen LogP contribution in [-0.2, 0) is 9.47 Å². The molecule has 0 amide bonds. The second kappa shape index (κ2) is 8.63. The first kappa shape index (κ1) is 18.8. The Morgan fingerprint density at radius 1 is 0.750 bits per heavy atom. The third-order valence-corrected chi connectivity index (χ3v) is 3.80. The molecule has 3 aromatic rings. The lowest BCUT2D eigenvalue weighted by molar-refractivity contribution is 0.0592. The topological polar surface area (TPSA) is 102 Å². The van der Waals surface area contributed by atoms with Crippen LogP contribution in [0.5, 0.6) is 0 Å². The average molecular weight is 378 g/mol. The molecule has 0 unspecified atom stereocenters. The van der Waals surface area contributed by atoms with Crippen molar-refractivity contribution in [2.24, 2.45) is 0 Å². The Kier molecular flexibility index (Phi) is 5.81. The molecular weight excluding hydrogens is 360 g/mol. The number of methoxy groups -OCH3 is 2. The van der Waals surface area contributed by atoms with Gasteiger partial charge in [-0.2, -0.15) is 0 Å². The average Bonchev–Trinajstić information content (AvgIpc) is 2.73. The number of carbonyl (C=O) groups is 2. The first-order valence-electron chi connectivity index (χ1n) is 8.32. The van der Waals surface area contributed by atoms with Crippen molar-refractivity contribution < 1.29 is 19.1 Å². The summed E-state index contributed by atoms with van der Waals surface area (Å²) in [4.78, 5) is 31.5. The van der Waals surface area contributed by atoms with Crippen molar-refractivity contribution in [2.75, 3.05) is 24.9 Å². The largest absolute Gasteiger partial charge is 0.465 e. The van der Waals surface area contributed by atoms with Gasteiger partial charge in [-0.25, -0.2) is 19.6 Å². The Balaban J connectivity index is 1.72. The highest BCUT2D eigenvalue weighted by Crippen LogP contribution is 2.20. The third kappa shape index (κ3) is 4.61. The first-order valence-corrected chi connectivity index (χ1v) is 8.32. The van der Waals surface area contributed by atoms with E-state index in [1.165, 1.54) is 20.5 Å². The molecule has 8 nitrogen and oxygen atoms in total. The normalized spacial score (nSPS) is 10.1. The molecule has 28 heavy (non-hydrogen) atoms. The third-order valence-electron chi connectivity index (χ3n) is 3.80. The van der Waals surface area contributed by atoms with Crippen molar-refractivity contribution in [1.82, 2.24) is 9.97 Å². The summed E-state index contributed by atoms with van der Waals surface area (Å²) in [5, 5.41) is 6.26. The summed E-state index contributed by atoms with van der Waals surface area (Å²) >= 11 is 0. The maximum atomic E-state index is 11.6. The fourth-order valence-corrected chi connectivity index (χ4v) is 2.44. The van der Waals surface area contributed by atoms with Gasteiger partial charge in [0.25, 0.3) is 0 Å². The standard InChI is InChI=1S/C20H18N4O4/c1-27-19(25)13-6-8-15(9-7-13)23-17-11-18(22-12-21-17)24-16-5-3-4-14(10-16)20(26)28-2/h3-12H,1-2H3,(H2,21,22,23,24). The molecule has 0 aliphatic rings. The van der Waals surface area contributed by atoms with Gasteiger partial charge >= 0.3 is 11.9 Å². The molecule has 0 aliphatic heterocycles. The number of anilines is 4. The van der Waals surface area contributed by atoms with Crippen molar-refractivity contribution in [3.63, 3.8) is 0 Å². The van der Waals surface area contributed by atoms with E-state index >= 15 is 0 Å². The summed E-state index contributed by atoms with van der Waals surface area (Å²) in [6.45, 7) is 0. The molecule has 0 aliphatic carbocycles. The van der Waals surface area contributed by atoms with E-state index in [9.17, 15) is 9.59 Å². The molecule has 2 aromatic carbocycles. The second-order valence-corrected chi connectivity index (χ2v) is 5.68. The number of esters is 2. The Bertz CT molecular complexity index is 990. The van der Waals surface area contributed by atoms with Crippen LogP contribution >= 0.6 is 0 Å². The quantitative estimate of drug-likeness (QED) is 0.628. The van der Waals surface area contributed by atoms with Crippen molar-refractivity contribution in [1.29, 1.82) is 0 Å². The van der Waals surface area contributed by atoms with Crippen LogP contribution < -0.4 is 10.6 Å². The van der Waals surface area contributed by atoms with E-state index in [1.54, 1.807) is 48.5 Å². The van der Waals surface area contributed by atoms with E-state index in [4.69, 9.17) is 4.74 Å². The lowest BCUT2D eigenvalue weighted by Crippen LogP contribution is -2.03. The molecule has 0 fully saturated rings. The predicted octanol–water partition coefficient (Wildman–Crippen LogP) is 3.54. The van der Waals surface area contributed by atoms with Gasteiger partial charge in [-0.05, 0) is 42.5 Å². The van der Waals surface area contributed by atoms with Gasteiger partial charge in [0.1, 0.15) is 18.0 Å². The molecule has 0 spiro atoms. The monoisotopic (exact) mass is 378 g/mol. The number of ether oxygens (including phenoxy) is 2. The van der Waals surface area contributed by atoms with Gasteiger partial charge in [-0.3, -0.25) is 0 Å². The zero-order valence-electron chi connectivity index (χ0n) is 15.3. The van der Waals surface area contributed by atoms with Gasteiger partial charge in [-0.15, -0.1) is 0 Å². The summed E-state index contributed by atoms with van der Waals surface area (Å²) in [6.07, 6.45) is 1.41. The molecular formula is C20H18N4O4. The number of hydrogen-bond acceptors (Lipinski definition) is 8. The highest BCUT2D eigenvalue weighted by molar-refractivity contribution is 5.91. The Hall–Kier alpha value is -3.94. The maximum Gasteiger partial charge on any atom is 0.337 e. The van der Waals surface area contributed by atoms with E-state index < -0.39 is 11.9 Å². The fraction of sp³-hybridized carbons (Fsp3) is 0.100. The van der Waals surface area contributed by atoms with Crippen molar-refractivity contribution in [3.8, 4) is 0 Å². The SMILES string of the molecule is COC(=O)c1ccc(Nc2cc(Nc3cccc(C(=O)OC)c3)ncn2)cc1. The molecule has 0 bridgehead atoms. The zero-order valence-corrected chi connectivity index (χ0v) is 15.3. The van der Waals surface area contributed by atoms with Gasteiger partial charge in [0.05, 0.1) is 25.3 Å². The van der Waals surface area contributed by atoms with E-state index in [-0.39, 0.29) is 0 Å². The van der Waals surface area contributed by atoms with Crippen LogP contribution in [0.2, 0.25) is 0 Å². The molecule has 0 atom stereocenters. The number of carbonyl (C=O) groups excluding carboxylic acids is 2. The summed E-state index contributed by atoms with van der Waals surface area (Å²) in [6, 6.07) is 15.4. The molecule has 0 saturated carbocycles. The van der Waals surface area contributed by atoms with Crippen molar-refractivity contribution >= 4 is 34.9 Å².